The molecule has 0 radical (unpaired) electrons. The second-order valence-electron chi connectivity index (χ2n) is 6.65. The first-order chi connectivity index (χ1) is 14.5. The van der Waals surface area contributed by atoms with E-state index in [-0.39, 0.29) is 5.56 Å². The summed E-state index contributed by atoms with van der Waals surface area (Å²) in [5, 5.41) is 0.702. The Morgan fingerprint density at radius 1 is 1.00 bits per heavy atom. The molecule has 0 unspecified atom stereocenters. The minimum absolute atomic E-state index is 0.00480. The van der Waals surface area contributed by atoms with Crippen LogP contribution in [0.1, 0.15) is 29.8 Å². The molecule has 0 aliphatic heterocycles. The number of allylic oxidation sites excluding steroid dienone is 1. The molecule has 0 bridgehead atoms. The average Bonchev–Trinajstić information content (AvgIpc) is 2.77. The van der Waals surface area contributed by atoms with E-state index in [9.17, 15) is 9.59 Å². The number of methoxy groups -OCH3 is 2. The molecule has 6 heteroatoms. The largest absolute Gasteiger partial charge is 0.493 e. The maximum atomic E-state index is 12.6. The molecule has 0 fully saturated rings. The van der Waals surface area contributed by atoms with Gasteiger partial charge >= 0.3 is 5.63 Å². The lowest BCUT2D eigenvalue weighted by atomic mass is 10.1. The summed E-state index contributed by atoms with van der Waals surface area (Å²) < 4.78 is 15.9. The Bertz CT molecular complexity index is 1140. The topological polar surface area (TPSA) is 69.0 Å². The molecule has 0 amide bonds. The van der Waals surface area contributed by atoms with Gasteiger partial charge in [-0.2, -0.15) is 0 Å². The number of anilines is 1. The van der Waals surface area contributed by atoms with Crippen LogP contribution < -0.4 is 20.0 Å². The van der Waals surface area contributed by atoms with E-state index in [4.69, 9.17) is 13.9 Å². The van der Waals surface area contributed by atoms with Crippen molar-refractivity contribution in [1.29, 1.82) is 0 Å². The fraction of sp³-hybridized carbons (Fsp3) is 0.250. The summed E-state index contributed by atoms with van der Waals surface area (Å²) in [6.45, 7) is 5.83. The van der Waals surface area contributed by atoms with E-state index in [0.717, 1.165) is 24.3 Å². The van der Waals surface area contributed by atoms with Gasteiger partial charge in [-0.15, -0.1) is 0 Å². The summed E-state index contributed by atoms with van der Waals surface area (Å²) >= 11 is 0. The maximum Gasteiger partial charge on any atom is 0.347 e. The third-order valence-electron chi connectivity index (χ3n) is 4.95. The third-order valence-corrected chi connectivity index (χ3v) is 4.95. The molecule has 2 aromatic carbocycles. The maximum absolute atomic E-state index is 12.6. The van der Waals surface area contributed by atoms with E-state index >= 15 is 0 Å². The lowest BCUT2D eigenvalue weighted by molar-refractivity contribution is 0.104. The highest BCUT2D eigenvalue weighted by Crippen LogP contribution is 2.28. The van der Waals surface area contributed by atoms with Crippen molar-refractivity contribution in [2.45, 2.75) is 13.8 Å². The highest BCUT2D eigenvalue weighted by molar-refractivity contribution is 6.07. The zero-order valence-electron chi connectivity index (χ0n) is 17.6. The molecule has 0 atom stereocenters. The average molecular weight is 407 g/mol. The van der Waals surface area contributed by atoms with Crippen LogP contribution in [0.5, 0.6) is 11.5 Å². The first-order valence-corrected chi connectivity index (χ1v) is 9.78. The van der Waals surface area contributed by atoms with Crippen molar-refractivity contribution >= 4 is 28.5 Å². The van der Waals surface area contributed by atoms with Crippen LogP contribution in [0.2, 0.25) is 0 Å². The van der Waals surface area contributed by atoms with Gasteiger partial charge in [0.15, 0.2) is 17.3 Å². The Morgan fingerprint density at radius 3 is 2.40 bits per heavy atom. The molecule has 0 aliphatic carbocycles. The Morgan fingerprint density at radius 2 is 1.73 bits per heavy atom. The molecule has 30 heavy (non-hydrogen) atoms. The summed E-state index contributed by atoms with van der Waals surface area (Å²) in [7, 11) is 3.10. The lowest BCUT2D eigenvalue weighted by Crippen LogP contribution is -2.21. The smallest absolute Gasteiger partial charge is 0.347 e. The van der Waals surface area contributed by atoms with E-state index in [1.165, 1.54) is 6.08 Å². The van der Waals surface area contributed by atoms with Crippen LogP contribution in [-0.4, -0.2) is 33.1 Å². The van der Waals surface area contributed by atoms with Gasteiger partial charge in [-0.3, -0.25) is 4.79 Å². The van der Waals surface area contributed by atoms with Crippen LogP contribution in [0.25, 0.3) is 17.0 Å². The highest BCUT2D eigenvalue weighted by atomic mass is 16.5. The van der Waals surface area contributed by atoms with E-state index < -0.39 is 11.4 Å². The zero-order chi connectivity index (χ0) is 21.7. The molecule has 3 rings (SSSR count). The number of benzene rings is 2. The Kier molecular flexibility index (Phi) is 6.57. The molecule has 6 nitrogen and oxygen atoms in total. The molecular weight excluding hydrogens is 382 g/mol. The van der Waals surface area contributed by atoms with E-state index in [0.29, 0.717) is 22.5 Å². The van der Waals surface area contributed by atoms with Gasteiger partial charge < -0.3 is 18.8 Å². The standard InChI is InChI=1S/C24H25NO5/c1-5-25(6-2)18-10-9-17-14-19(24(27)30-22(17)15-18)20(26)11-7-16-8-12-21(28-3)23(13-16)29-4/h7-15H,5-6H2,1-4H3/b11-7+. The summed E-state index contributed by atoms with van der Waals surface area (Å²) in [6.07, 6.45) is 2.97. The van der Waals surface area contributed by atoms with Gasteiger partial charge in [0.05, 0.1) is 14.2 Å². The quantitative estimate of drug-likeness (QED) is 0.310. The molecule has 3 aromatic rings. The van der Waals surface area contributed by atoms with E-state index in [1.807, 2.05) is 18.2 Å². The van der Waals surface area contributed by atoms with Gasteiger partial charge in [0.1, 0.15) is 11.1 Å². The molecule has 0 saturated carbocycles. The molecule has 1 aromatic heterocycles. The molecule has 0 N–H and O–H groups in total. The van der Waals surface area contributed by atoms with Gasteiger partial charge in [-0.05, 0) is 55.8 Å². The van der Waals surface area contributed by atoms with Crippen LogP contribution in [0, 0.1) is 0 Å². The Hall–Kier alpha value is -3.54. The monoisotopic (exact) mass is 407 g/mol. The van der Waals surface area contributed by atoms with Crippen molar-refractivity contribution in [2.24, 2.45) is 0 Å². The fourth-order valence-electron chi connectivity index (χ4n) is 3.28. The predicted molar refractivity (Wildman–Crippen MR) is 119 cm³/mol. The minimum Gasteiger partial charge on any atom is -0.493 e. The predicted octanol–water partition coefficient (Wildman–Crippen LogP) is 4.55. The number of carbonyl (C=O) groups is 1. The highest BCUT2D eigenvalue weighted by Gasteiger charge is 2.13. The van der Waals surface area contributed by atoms with Gasteiger partial charge in [0.2, 0.25) is 0 Å². The lowest BCUT2D eigenvalue weighted by Gasteiger charge is -2.20. The third kappa shape index (κ3) is 4.38. The van der Waals surface area contributed by atoms with Crippen LogP contribution in [0.4, 0.5) is 5.69 Å². The number of nitrogens with zero attached hydrogens (tertiary/aromatic N) is 1. The van der Waals surface area contributed by atoms with Crippen molar-refractivity contribution in [3.05, 3.63) is 70.1 Å². The summed E-state index contributed by atoms with van der Waals surface area (Å²) in [4.78, 5) is 27.2. The van der Waals surface area contributed by atoms with Gasteiger partial charge in [0, 0.05) is 30.2 Å². The molecule has 0 aliphatic rings. The van der Waals surface area contributed by atoms with Gasteiger partial charge in [-0.25, -0.2) is 4.79 Å². The first-order valence-electron chi connectivity index (χ1n) is 9.78. The number of hydrogen-bond donors (Lipinski definition) is 0. The van der Waals surface area contributed by atoms with Crippen molar-refractivity contribution in [3.63, 3.8) is 0 Å². The molecule has 0 spiro atoms. The SMILES string of the molecule is CCN(CC)c1ccc2cc(C(=O)/C=C/c3ccc(OC)c(OC)c3)c(=O)oc2c1. The molecule has 156 valence electrons. The number of hydrogen-bond acceptors (Lipinski definition) is 6. The van der Waals surface area contributed by atoms with Gasteiger partial charge in [0.25, 0.3) is 0 Å². The second-order valence-corrected chi connectivity index (χ2v) is 6.65. The second kappa shape index (κ2) is 9.31. The van der Waals surface area contributed by atoms with Crippen LogP contribution in [-0.2, 0) is 0 Å². The summed E-state index contributed by atoms with van der Waals surface area (Å²) in [5.74, 6) is 0.731. The molecule has 0 saturated heterocycles. The van der Waals surface area contributed by atoms with Crippen molar-refractivity contribution in [2.75, 3.05) is 32.2 Å². The number of rotatable bonds is 8. The van der Waals surface area contributed by atoms with Crippen molar-refractivity contribution < 1.29 is 18.7 Å². The summed E-state index contributed by atoms with van der Waals surface area (Å²) in [5.41, 5.74) is 1.53. The minimum atomic E-state index is -0.652. The Labute approximate surface area is 175 Å². The van der Waals surface area contributed by atoms with Crippen LogP contribution >= 0.6 is 0 Å². The first kappa shape index (κ1) is 21.2. The normalized spacial score (nSPS) is 11.1. The van der Waals surface area contributed by atoms with E-state index in [2.05, 4.69) is 18.7 Å². The number of ketones is 1. The number of ether oxygens (including phenoxy) is 2. The van der Waals surface area contributed by atoms with Crippen LogP contribution in [0.15, 0.2) is 57.8 Å². The Balaban J connectivity index is 1.89. The molecule has 1 heterocycles. The number of fused-ring (bicyclic) bond motifs is 1. The van der Waals surface area contributed by atoms with E-state index in [1.54, 1.807) is 44.6 Å². The van der Waals surface area contributed by atoms with Crippen molar-refractivity contribution in [1.82, 2.24) is 0 Å². The fourth-order valence-corrected chi connectivity index (χ4v) is 3.28. The molecular formula is C24H25NO5. The van der Waals surface area contributed by atoms with Crippen LogP contribution in [0.3, 0.4) is 0 Å². The summed E-state index contributed by atoms with van der Waals surface area (Å²) in [6, 6.07) is 12.5. The number of carbonyl (C=O) groups excluding carboxylic acids is 1. The van der Waals surface area contributed by atoms with Crippen molar-refractivity contribution in [3.8, 4) is 11.5 Å². The zero-order valence-corrected chi connectivity index (χ0v) is 17.6. The van der Waals surface area contributed by atoms with Gasteiger partial charge in [-0.1, -0.05) is 12.1 Å².